The van der Waals surface area contributed by atoms with Crippen molar-refractivity contribution in [3.8, 4) is 0 Å². The lowest BCUT2D eigenvalue weighted by Crippen LogP contribution is -2.61. The number of nitrogens with zero attached hydrogens (tertiary/aromatic N) is 2. The van der Waals surface area contributed by atoms with E-state index in [-0.39, 0.29) is 23.3 Å². The van der Waals surface area contributed by atoms with Crippen LogP contribution in [-0.2, 0) is 9.53 Å². The van der Waals surface area contributed by atoms with E-state index >= 15 is 0 Å². The fourth-order valence-corrected chi connectivity index (χ4v) is 4.48. The summed E-state index contributed by atoms with van der Waals surface area (Å²) in [4.78, 5) is 32.0. The summed E-state index contributed by atoms with van der Waals surface area (Å²) in [6, 6.07) is 2.74. The Morgan fingerprint density at radius 2 is 1.79 bits per heavy atom. The molecule has 1 saturated heterocycles. The Kier molecular flexibility index (Phi) is 7.61. The van der Waals surface area contributed by atoms with Crippen LogP contribution >= 0.6 is 0 Å². The minimum atomic E-state index is -0.569. The number of hydrogen-bond acceptors (Lipinski definition) is 5. The fraction of sp³-hybridized carbons (Fsp3) is 0.682. The van der Waals surface area contributed by atoms with E-state index in [4.69, 9.17) is 4.74 Å². The molecule has 0 radical (unpaired) electrons. The molecule has 1 atom stereocenters. The highest BCUT2D eigenvalue weighted by molar-refractivity contribution is 5.97. The van der Waals surface area contributed by atoms with Gasteiger partial charge in [-0.05, 0) is 30.9 Å². The fourth-order valence-electron chi connectivity index (χ4n) is 4.48. The molecule has 0 unspecified atom stereocenters. The smallest absolute Gasteiger partial charge is 0.252 e. The van der Waals surface area contributed by atoms with Crippen LogP contribution in [0.4, 0.5) is 0 Å². The van der Waals surface area contributed by atoms with Crippen molar-refractivity contribution in [2.45, 2.75) is 57.5 Å². The summed E-state index contributed by atoms with van der Waals surface area (Å²) in [6.45, 7) is 7.88. The molecule has 3 rings (SSSR count). The molecule has 2 amide bonds. The molecular weight excluding hydrogens is 368 g/mol. The molecule has 1 aliphatic carbocycles. The molecular formula is C22H34N4O3. The Bertz CT molecular complexity index is 668. The van der Waals surface area contributed by atoms with Crippen LogP contribution in [0.25, 0.3) is 0 Å². The highest BCUT2D eigenvalue weighted by atomic mass is 16.5. The molecule has 1 aromatic heterocycles. The minimum Gasteiger partial charge on any atom is -0.379 e. The molecule has 0 aromatic carbocycles. The molecule has 2 fully saturated rings. The zero-order valence-electron chi connectivity index (χ0n) is 17.7. The second-order valence-corrected chi connectivity index (χ2v) is 8.53. The number of carbonyl (C=O) groups excluding carboxylic acids is 2. The summed E-state index contributed by atoms with van der Waals surface area (Å²) in [7, 11) is 0. The first kappa shape index (κ1) is 21.7. The third-order valence-electron chi connectivity index (χ3n) is 6.24. The number of nitrogens with one attached hydrogen (secondary N) is 2. The van der Waals surface area contributed by atoms with E-state index < -0.39 is 6.04 Å². The lowest BCUT2D eigenvalue weighted by atomic mass is 9.79. The summed E-state index contributed by atoms with van der Waals surface area (Å²) < 4.78 is 5.54. The van der Waals surface area contributed by atoms with Gasteiger partial charge in [0.25, 0.3) is 5.91 Å². The maximum absolute atomic E-state index is 13.0. The Hall–Kier alpha value is -1.99. The van der Waals surface area contributed by atoms with Gasteiger partial charge in [-0.2, -0.15) is 0 Å². The number of amides is 2. The normalized spacial score (nSPS) is 20.8. The molecule has 2 N–H and O–H groups in total. The number of carbonyl (C=O) groups is 2. The van der Waals surface area contributed by atoms with Crippen LogP contribution in [0.5, 0.6) is 0 Å². The Morgan fingerprint density at radius 3 is 2.41 bits per heavy atom. The topological polar surface area (TPSA) is 83.6 Å². The van der Waals surface area contributed by atoms with Crippen molar-refractivity contribution >= 4 is 11.8 Å². The van der Waals surface area contributed by atoms with Crippen LogP contribution in [0.15, 0.2) is 24.5 Å². The van der Waals surface area contributed by atoms with Crippen molar-refractivity contribution in [2.75, 3.05) is 32.8 Å². The van der Waals surface area contributed by atoms with Crippen molar-refractivity contribution in [3.05, 3.63) is 30.1 Å². The Balaban J connectivity index is 1.64. The first-order valence-electron chi connectivity index (χ1n) is 10.8. The molecule has 160 valence electrons. The summed E-state index contributed by atoms with van der Waals surface area (Å²) >= 11 is 0. The summed E-state index contributed by atoms with van der Waals surface area (Å²) in [6.07, 6.45) is 9.00. The van der Waals surface area contributed by atoms with Gasteiger partial charge in [-0.3, -0.25) is 19.5 Å². The third-order valence-corrected chi connectivity index (χ3v) is 6.24. The van der Waals surface area contributed by atoms with Gasteiger partial charge in [-0.15, -0.1) is 0 Å². The standard InChI is InChI=1S/C22H34N4O3/c1-17(2)19(25-20(27)18-6-10-23-11-7-18)21(28)24-16-22(8-4-3-5-9-22)26-12-14-29-15-13-26/h6-7,10-11,17,19H,3-5,8-9,12-16H2,1-2H3,(H,24,28)(H,25,27)/t19-/m1/s1. The number of morpholine rings is 1. The molecule has 0 spiro atoms. The highest BCUT2D eigenvalue weighted by Crippen LogP contribution is 2.33. The van der Waals surface area contributed by atoms with Gasteiger partial charge < -0.3 is 15.4 Å². The van der Waals surface area contributed by atoms with E-state index in [0.717, 1.165) is 39.1 Å². The molecule has 1 aromatic rings. The maximum Gasteiger partial charge on any atom is 0.252 e. The first-order chi connectivity index (χ1) is 14.0. The summed E-state index contributed by atoms with van der Waals surface area (Å²) in [5.74, 6) is -0.367. The zero-order chi connectivity index (χ0) is 20.7. The molecule has 1 aliphatic heterocycles. The number of pyridine rings is 1. The van der Waals surface area contributed by atoms with Crippen molar-refractivity contribution in [1.82, 2.24) is 20.5 Å². The zero-order valence-corrected chi connectivity index (χ0v) is 17.7. The second-order valence-electron chi connectivity index (χ2n) is 8.53. The molecule has 7 nitrogen and oxygen atoms in total. The highest BCUT2D eigenvalue weighted by Gasteiger charge is 2.39. The molecule has 2 aliphatic rings. The molecule has 29 heavy (non-hydrogen) atoms. The van der Waals surface area contributed by atoms with Gasteiger partial charge in [0.2, 0.25) is 5.91 Å². The van der Waals surface area contributed by atoms with Gasteiger partial charge in [0.1, 0.15) is 6.04 Å². The van der Waals surface area contributed by atoms with Crippen LogP contribution in [0.2, 0.25) is 0 Å². The van der Waals surface area contributed by atoms with E-state index in [0.29, 0.717) is 12.1 Å². The molecule has 7 heteroatoms. The quantitative estimate of drug-likeness (QED) is 0.729. The summed E-state index contributed by atoms with van der Waals surface area (Å²) in [5, 5.41) is 6.08. The second kappa shape index (κ2) is 10.2. The maximum atomic E-state index is 13.0. The van der Waals surface area contributed by atoms with Crippen molar-refractivity contribution in [2.24, 2.45) is 5.92 Å². The van der Waals surface area contributed by atoms with Gasteiger partial charge in [-0.1, -0.05) is 33.1 Å². The minimum absolute atomic E-state index is 0.00789. The average molecular weight is 403 g/mol. The van der Waals surface area contributed by atoms with Crippen LogP contribution in [0.1, 0.15) is 56.3 Å². The van der Waals surface area contributed by atoms with Crippen LogP contribution in [0.3, 0.4) is 0 Å². The molecule has 1 saturated carbocycles. The van der Waals surface area contributed by atoms with Gasteiger partial charge in [0.05, 0.1) is 13.2 Å². The van der Waals surface area contributed by atoms with E-state index in [1.807, 2.05) is 13.8 Å². The lowest BCUT2D eigenvalue weighted by Gasteiger charge is -2.48. The monoisotopic (exact) mass is 402 g/mol. The number of hydrogen-bond donors (Lipinski definition) is 2. The Labute approximate surface area is 173 Å². The largest absolute Gasteiger partial charge is 0.379 e. The molecule has 0 bridgehead atoms. The molecule has 2 heterocycles. The first-order valence-corrected chi connectivity index (χ1v) is 10.8. The van der Waals surface area contributed by atoms with E-state index in [9.17, 15) is 9.59 Å². The number of aromatic nitrogens is 1. The average Bonchev–Trinajstić information content (AvgIpc) is 2.77. The van der Waals surface area contributed by atoms with Crippen LogP contribution in [0, 0.1) is 5.92 Å². The Morgan fingerprint density at radius 1 is 1.14 bits per heavy atom. The third kappa shape index (κ3) is 5.54. The van der Waals surface area contributed by atoms with Crippen molar-refractivity contribution in [1.29, 1.82) is 0 Å². The number of ether oxygens (including phenoxy) is 1. The predicted molar refractivity (Wildman–Crippen MR) is 112 cm³/mol. The SMILES string of the molecule is CC(C)[C@@H](NC(=O)c1ccncc1)C(=O)NCC1(N2CCOCC2)CCCCC1. The van der Waals surface area contributed by atoms with Gasteiger partial charge in [0, 0.05) is 43.1 Å². The lowest BCUT2D eigenvalue weighted by molar-refractivity contribution is -0.125. The van der Waals surface area contributed by atoms with Crippen molar-refractivity contribution < 1.29 is 14.3 Å². The van der Waals surface area contributed by atoms with Crippen LogP contribution < -0.4 is 10.6 Å². The van der Waals surface area contributed by atoms with Gasteiger partial charge in [0.15, 0.2) is 0 Å². The van der Waals surface area contributed by atoms with E-state index in [2.05, 4.69) is 20.5 Å². The number of rotatable bonds is 7. The van der Waals surface area contributed by atoms with Gasteiger partial charge in [-0.25, -0.2) is 0 Å². The summed E-state index contributed by atoms with van der Waals surface area (Å²) in [5.41, 5.74) is 0.518. The van der Waals surface area contributed by atoms with Crippen molar-refractivity contribution in [3.63, 3.8) is 0 Å². The van der Waals surface area contributed by atoms with Crippen LogP contribution in [-0.4, -0.2) is 66.1 Å². The predicted octanol–water partition coefficient (Wildman–Crippen LogP) is 1.99. The van der Waals surface area contributed by atoms with E-state index in [1.165, 1.54) is 19.3 Å². The van der Waals surface area contributed by atoms with Gasteiger partial charge >= 0.3 is 0 Å². The van der Waals surface area contributed by atoms with E-state index in [1.54, 1.807) is 24.5 Å².